The van der Waals surface area contributed by atoms with E-state index in [0.29, 0.717) is 12.0 Å². The van der Waals surface area contributed by atoms with Crippen LogP contribution in [-0.4, -0.2) is 24.0 Å². The fraction of sp³-hybridized carbons (Fsp3) is 0.562. The molecule has 0 radical (unpaired) electrons. The first-order chi connectivity index (χ1) is 8.77. The monoisotopic (exact) mass is 245 g/mol. The largest absolute Gasteiger partial charge is 0.274 e. The second-order valence-electron chi connectivity index (χ2n) is 5.52. The van der Waals surface area contributed by atoms with Gasteiger partial charge in [-0.25, -0.2) is 0 Å². The summed E-state index contributed by atoms with van der Waals surface area (Å²) < 4.78 is 2.42. The first kappa shape index (κ1) is 13.1. The van der Waals surface area contributed by atoms with E-state index in [9.17, 15) is 0 Å². The summed E-state index contributed by atoms with van der Waals surface area (Å²) in [6.45, 7) is 6.95. The van der Waals surface area contributed by atoms with Crippen molar-refractivity contribution < 1.29 is 4.58 Å². The maximum Gasteiger partial charge on any atom is 0.232 e. The Morgan fingerprint density at radius 2 is 1.72 bits per heavy atom. The molecule has 1 unspecified atom stereocenters. The Balaban J connectivity index is 2.03. The molecule has 1 aliphatic heterocycles. The zero-order chi connectivity index (χ0) is 12.8. The highest BCUT2D eigenvalue weighted by molar-refractivity contribution is 5.49. The lowest BCUT2D eigenvalue weighted by atomic mass is 9.96. The van der Waals surface area contributed by atoms with Crippen LogP contribution in [0.1, 0.15) is 44.7 Å². The van der Waals surface area contributed by atoms with Crippen LogP contribution in [0.4, 0.5) is 0 Å². The molecule has 1 aromatic rings. The molecule has 98 valence electrons. The minimum atomic E-state index is 0.410. The maximum atomic E-state index is 3.61. The van der Waals surface area contributed by atoms with Crippen LogP contribution >= 0.6 is 0 Å². The van der Waals surface area contributed by atoms with Gasteiger partial charge in [-0.05, 0) is 30.7 Å². The first-order valence-corrected chi connectivity index (χ1v) is 7.16. The molecule has 2 nitrogen and oxygen atoms in total. The van der Waals surface area contributed by atoms with E-state index in [1.54, 1.807) is 0 Å². The van der Waals surface area contributed by atoms with E-state index in [2.05, 4.69) is 60.4 Å². The standard InChI is InChI=1S/C16H24N2/c1-14(2)16(15-9-5-3-6-10-15)17-13-18-11-7-4-8-12-18/h3,5-6,9-10,13-14,16H,4,7-8,11-12H2,1-2H3/p+1. The molecule has 1 saturated heterocycles. The van der Waals surface area contributed by atoms with Gasteiger partial charge >= 0.3 is 0 Å². The maximum absolute atomic E-state index is 3.61. The van der Waals surface area contributed by atoms with Gasteiger partial charge in [0, 0.05) is 0 Å². The molecule has 0 aromatic heterocycles. The van der Waals surface area contributed by atoms with Gasteiger partial charge in [0.15, 0.2) is 0 Å². The average Bonchev–Trinajstić information content (AvgIpc) is 2.41. The first-order valence-electron chi connectivity index (χ1n) is 7.16. The Morgan fingerprint density at radius 1 is 1.06 bits per heavy atom. The SMILES string of the molecule is CC(C)C(NC=[N+]1CCCCC1)c1ccccc1. The van der Waals surface area contributed by atoms with Gasteiger partial charge < -0.3 is 0 Å². The highest BCUT2D eigenvalue weighted by Gasteiger charge is 2.18. The lowest BCUT2D eigenvalue weighted by Crippen LogP contribution is -2.32. The number of hydrogen-bond donors (Lipinski definition) is 1. The minimum Gasteiger partial charge on any atom is -0.274 e. The van der Waals surface area contributed by atoms with Gasteiger partial charge in [-0.15, -0.1) is 0 Å². The molecule has 0 amide bonds. The van der Waals surface area contributed by atoms with Crippen molar-refractivity contribution in [3.8, 4) is 0 Å². The van der Waals surface area contributed by atoms with Gasteiger partial charge in [-0.1, -0.05) is 44.2 Å². The van der Waals surface area contributed by atoms with E-state index in [1.165, 1.54) is 37.9 Å². The number of piperidine rings is 1. The third-order valence-corrected chi connectivity index (χ3v) is 3.65. The van der Waals surface area contributed by atoms with Crippen molar-refractivity contribution in [2.24, 2.45) is 5.92 Å². The van der Waals surface area contributed by atoms with Crippen LogP contribution < -0.4 is 5.32 Å². The summed E-state index contributed by atoms with van der Waals surface area (Å²) in [4.78, 5) is 0. The molecule has 18 heavy (non-hydrogen) atoms. The number of benzene rings is 1. The van der Waals surface area contributed by atoms with E-state index in [4.69, 9.17) is 0 Å². The van der Waals surface area contributed by atoms with Crippen molar-refractivity contribution in [3.05, 3.63) is 35.9 Å². The van der Waals surface area contributed by atoms with E-state index in [-0.39, 0.29) is 0 Å². The molecule has 1 fully saturated rings. The number of hydrogen-bond acceptors (Lipinski definition) is 0. The summed E-state index contributed by atoms with van der Waals surface area (Å²) in [7, 11) is 0. The summed E-state index contributed by atoms with van der Waals surface area (Å²) >= 11 is 0. The van der Waals surface area contributed by atoms with Crippen molar-refractivity contribution in [1.82, 2.24) is 5.32 Å². The van der Waals surface area contributed by atoms with Crippen molar-refractivity contribution in [3.63, 3.8) is 0 Å². The smallest absolute Gasteiger partial charge is 0.232 e. The van der Waals surface area contributed by atoms with Gasteiger partial charge in [0.1, 0.15) is 6.04 Å². The Kier molecular flexibility index (Phi) is 4.80. The molecule has 0 bridgehead atoms. The lowest BCUT2D eigenvalue weighted by Gasteiger charge is -2.19. The molecule has 1 aromatic carbocycles. The quantitative estimate of drug-likeness (QED) is 0.636. The number of rotatable bonds is 4. The molecule has 0 aliphatic carbocycles. The molecule has 1 atom stereocenters. The highest BCUT2D eigenvalue weighted by Crippen LogP contribution is 2.20. The molecule has 2 heteroatoms. The third-order valence-electron chi connectivity index (χ3n) is 3.65. The third kappa shape index (κ3) is 3.59. The zero-order valence-corrected chi connectivity index (χ0v) is 11.6. The van der Waals surface area contributed by atoms with Crippen LogP contribution in [0.15, 0.2) is 30.3 Å². The van der Waals surface area contributed by atoms with Gasteiger partial charge in [-0.3, -0.25) is 9.89 Å². The van der Waals surface area contributed by atoms with Crippen molar-refractivity contribution in [2.45, 2.75) is 39.2 Å². The Labute approximate surface area is 111 Å². The fourth-order valence-corrected chi connectivity index (χ4v) is 2.57. The second kappa shape index (κ2) is 6.58. The fourth-order valence-electron chi connectivity index (χ4n) is 2.57. The summed E-state index contributed by atoms with van der Waals surface area (Å²) in [5.74, 6) is 0.591. The molecule has 2 rings (SSSR count). The lowest BCUT2D eigenvalue weighted by molar-refractivity contribution is -0.534. The van der Waals surface area contributed by atoms with Crippen LogP contribution in [-0.2, 0) is 0 Å². The van der Waals surface area contributed by atoms with Gasteiger partial charge in [0.05, 0.1) is 13.1 Å². The Bertz CT molecular complexity index is 373. The Hall–Kier alpha value is -1.31. The van der Waals surface area contributed by atoms with Crippen molar-refractivity contribution in [2.75, 3.05) is 13.1 Å². The van der Waals surface area contributed by atoms with Gasteiger partial charge in [0.25, 0.3) is 0 Å². The van der Waals surface area contributed by atoms with Crippen LogP contribution in [0.2, 0.25) is 0 Å². The van der Waals surface area contributed by atoms with Gasteiger partial charge in [0.2, 0.25) is 6.34 Å². The molecular formula is C16H25N2+. The number of nitrogens with zero attached hydrogens (tertiary/aromatic N) is 1. The highest BCUT2D eigenvalue weighted by atomic mass is 15.1. The summed E-state index contributed by atoms with van der Waals surface area (Å²) in [5.41, 5.74) is 1.38. The van der Waals surface area contributed by atoms with E-state index >= 15 is 0 Å². The van der Waals surface area contributed by atoms with E-state index < -0.39 is 0 Å². The van der Waals surface area contributed by atoms with Crippen LogP contribution in [0.25, 0.3) is 0 Å². The molecule has 1 heterocycles. The minimum absolute atomic E-state index is 0.410. The predicted octanol–water partition coefficient (Wildman–Crippen LogP) is 3.20. The Morgan fingerprint density at radius 3 is 2.33 bits per heavy atom. The predicted molar refractivity (Wildman–Crippen MR) is 77.1 cm³/mol. The van der Waals surface area contributed by atoms with Crippen molar-refractivity contribution >= 4 is 6.34 Å². The van der Waals surface area contributed by atoms with Crippen molar-refractivity contribution in [1.29, 1.82) is 0 Å². The molecule has 1 aliphatic rings. The van der Waals surface area contributed by atoms with Crippen LogP contribution in [0, 0.1) is 5.92 Å². The van der Waals surface area contributed by atoms with Crippen LogP contribution in [0.5, 0.6) is 0 Å². The summed E-state index contributed by atoms with van der Waals surface area (Å²) in [6, 6.07) is 11.1. The average molecular weight is 245 g/mol. The molecule has 1 N–H and O–H groups in total. The van der Waals surface area contributed by atoms with E-state index in [1.807, 2.05) is 0 Å². The van der Waals surface area contributed by atoms with Gasteiger partial charge in [-0.2, -0.15) is 0 Å². The zero-order valence-electron chi connectivity index (χ0n) is 11.6. The summed E-state index contributed by atoms with van der Waals surface area (Å²) in [5, 5.41) is 3.61. The topological polar surface area (TPSA) is 15.0 Å². The van der Waals surface area contributed by atoms with Crippen LogP contribution in [0.3, 0.4) is 0 Å². The normalized spacial score (nSPS) is 17.6. The van der Waals surface area contributed by atoms with E-state index in [0.717, 1.165) is 0 Å². The second-order valence-corrected chi connectivity index (χ2v) is 5.52. The molecular weight excluding hydrogens is 220 g/mol. The molecule has 0 spiro atoms. The summed E-state index contributed by atoms with van der Waals surface area (Å²) in [6.07, 6.45) is 6.25. The molecule has 0 saturated carbocycles. The number of nitrogens with one attached hydrogen (secondary N) is 1.